The summed E-state index contributed by atoms with van der Waals surface area (Å²) in [5, 5.41) is 3.59. The Balaban J connectivity index is 1.78. The van der Waals surface area contributed by atoms with Crippen LogP contribution in [0.2, 0.25) is 0 Å². The first-order valence-corrected chi connectivity index (χ1v) is 7.04. The van der Waals surface area contributed by atoms with Crippen LogP contribution in [-0.2, 0) is 0 Å². The van der Waals surface area contributed by atoms with Crippen molar-refractivity contribution in [3.63, 3.8) is 0 Å². The van der Waals surface area contributed by atoms with E-state index in [1.165, 1.54) is 5.69 Å². The minimum Gasteiger partial charge on any atom is -0.486 e. The Morgan fingerprint density at radius 3 is 2.74 bits per heavy atom. The Hall–Kier alpha value is -1.42. The Kier molecular flexibility index (Phi) is 3.27. The van der Waals surface area contributed by atoms with E-state index in [0.717, 1.165) is 37.6 Å². The molecule has 4 heteroatoms. The highest BCUT2D eigenvalue weighted by Gasteiger charge is 2.23. The molecular formula is C15H22N2O2. The van der Waals surface area contributed by atoms with Crippen LogP contribution in [0.4, 0.5) is 5.69 Å². The summed E-state index contributed by atoms with van der Waals surface area (Å²) >= 11 is 0. The van der Waals surface area contributed by atoms with Crippen molar-refractivity contribution in [1.29, 1.82) is 0 Å². The van der Waals surface area contributed by atoms with Gasteiger partial charge in [-0.15, -0.1) is 0 Å². The minimum absolute atomic E-state index is 0.225. The molecule has 1 saturated heterocycles. The van der Waals surface area contributed by atoms with Crippen LogP contribution < -0.4 is 19.7 Å². The molecule has 0 unspecified atom stereocenters. The summed E-state index contributed by atoms with van der Waals surface area (Å²) in [5.74, 6) is 1.74. The number of fused-ring (bicyclic) bond motifs is 1. The number of hydrogen-bond acceptors (Lipinski definition) is 4. The lowest BCUT2D eigenvalue weighted by atomic mass is 10.0. The zero-order valence-corrected chi connectivity index (χ0v) is 11.7. The van der Waals surface area contributed by atoms with Gasteiger partial charge in [-0.3, -0.25) is 0 Å². The standard InChI is InChI=1S/C15H22N2O2/c1-15(2)5-7-17(8-6-16-15)12-3-4-13-14(11-12)19-10-9-18-13/h3-4,11,16H,5-10H2,1-2H3. The average molecular weight is 262 g/mol. The molecule has 1 aromatic rings. The highest BCUT2D eigenvalue weighted by molar-refractivity contribution is 5.57. The van der Waals surface area contributed by atoms with Gasteiger partial charge in [-0.05, 0) is 32.4 Å². The molecule has 4 nitrogen and oxygen atoms in total. The summed E-state index contributed by atoms with van der Waals surface area (Å²) in [6.07, 6.45) is 1.14. The van der Waals surface area contributed by atoms with Crippen molar-refractivity contribution in [1.82, 2.24) is 5.32 Å². The lowest BCUT2D eigenvalue weighted by molar-refractivity contribution is 0.171. The summed E-state index contributed by atoms with van der Waals surface area (Å²) < 4.78 is 11.2. The van der Waals surface area contributed by atoms with E-state index in [2.05, 4.69) is 36.2 Å². The van der Waals surface area contributed by atoms with Crippen molar-refractivity contribution in [2.24, 2.45) is 0 Å². The molecule has 0 aliphatic carbocycles. The largest absolute Gasteiger partial charge is 0.486 e. The summed E-state index contributed by atoms with van der Waals surface area (Å²) in [4.78, 5) is 2.42. The van der Waals surface area contributed by atoms with Gasteiger partial charge < -0.3 is 19.7 Å². The van der Waals surface area contributed by atoms with Crippen LogP contribution in [0.1, 0.15) is 20.3 Å². The second-order valence-electron chi connectivity index (χ2n) is 5.88. The highest BCUT2D eigenvalue weighted by atomic mass is 16.6. The van der Waals surface area contributed by atoms with Crippen molar-refractivity contribution in [3.8, 4) is 11.5 Å². The molecule has 2 aliphatic heterocycles. The molecule has 0 spiro atoms. The number of benzene rings is 1. The van der Waals surface area contributed by atoms with E-state index in [0.29, 0.717) is 13.2 Å². The van der Waals surface area contributed by atoms with Gasteiger partial charge in [0.05, 0.1) is 0 Å². The maximum absolute atomic E-state index is 5.66. The Labute approximate surface area is 114 Å². The minimum atomic E-state index is 0.225. The number of rotatable bonds is 1. The third-order valence-corrected chi connectivity index (χ3v) is 3.88. The van der Waals surface area contributed by atoms with Gasteiger partial charge >= 0.3 is 0 Å². The molecule has 2 heterocycles. The Bertz CT molecular complexity index is 459. The van der Waals surface area contributed by atoms with Crippen molar-refractivity contribution < 1.29 is 9.47 Å². The molecule has 104 valence electrons. The van der Waals surface area contributed by atoms with Crippen LogP contribution in [0.15, 0.2) is 18.2 Å². The van der Waals surface area contributed by atoms with E-state index in [1.54, 1.807) is 0 Å². The van der Waals surface area contributed by atoms with Gasteiger partial charge in [-0.2, -0.15) is 0 Å². The molecule has 0 saturated carbocycles. The molecular weight excluding hydrogens is 240 g/mol. The first kappa shape index (κ1) is 12.6. The van der Waals surface area contributed by atoms with Crippen LogP contribution in [0.25, 0.3) is 0 Å². The van der Waals surface area contributed by atoms with E-state index in [1.807, 2.05) is 6.07 Å². The third kappa shape index (κ3) is 2.78. The van der Waals surface area contributed by atoms with Crippen molar-refractivity contribution in [3.05, 3.63) is 18.2 Å². The Morgan fingerprint density at radius 1 is 1.11 bits per heavy atom. The maximum atomic E-state index is 5.66. The summed E-state index contributed by atoms with van der Waals surface area (Å²) in [6.45, 7) is 8.93. The second kappa shape index (κ2) is 4.93. The molecule has 1 N–H and O–H groups in total. The zero-order valence-electron chi connectivity index (χ0n) is 11.7. The molecule has 1 fully saturated rings. The van der Waals surface area contributed by atoms with E-state index in [-0.39, 0.29) is 5.54 Å². The fraction of sp³-hybridized carbons (Fsp3) is 0.600. The third-order valence-electron chi connectivity index (χ3n) is 3.88. The first-order valence-electron chi connectivity index (χ1n) is 7.04. The van der Waals surface area contributed by atoms with Gasteiger partial charge in [0.25, 0.3) is 0 Å². The van der Waals surface area contributed by atoms with Gasteiger partial charge in [0.2, 0.25) is 0 Å². The predicted octanol–water partition coefficient (Wildman–Crippen LogP) is 2.04. The monoisotopic (exact) mass is 262 g/mol. The fourth-order valence-electron chi connectivity index (χ4n) is 2.63. The topological polar surface area (TPSA) is 33.7 Å². The molecule has 3 rings (SSSR count). The SMILES string of the molecule is CC1(C)CCN(c2ccc3c(c2)OCCO3)CCN1. The highest BCUT2D eigenvalue weighted by Crippen LogP contribution is 2.34. The molecule has 2 aliphatic rings. The molecule has 0 amide bonds. The number of nitrogens with zero attached hydrogens (tertiary/aromatic N) is 1. The van der Waals surface area contributed by atoms with E-state index >= 15 is 0 Å². The average Bonchev–Trinajstić information content (AvgIpc) is 2.59. The van der Waals surface area contributed by atoms with Crippen LogP contribution >= 0.6 is 0 Å². The van der Waals surface area contributed by atoms with Crippen molar-refractivity contribution >= 4 is 5.69 Å². The predicted molar refractivity (Wildman–Crippen MR) is 76.3 cm³/mol. The van der Waals surface area contributed by atoms with Gasteiger partial charge in [-0.25, -0.2) is 0 Å². The molecule has 19 heavy (non-hydrogen) atoms. The van der Waals surface area contributed by atoms with Crippen LogP contribution in [0, 0.1) is 0 Å². The molecule has 0 radical (unpaired) electrons. The molecule has 0 atom stereocenters. The van der Waals surface area contributed by atoms with Crippen LogP contribution in [0.5, 0.6) is 11.5 Å². The van der Waals surface area contributed by atoms with E-state index in [9.17, 15) is 0 Å². The summed E-state index contributed by atoms with van der Waals surface area (Å²) in [6, 6.07) is 6.26. The molecule has 0 aromatic heterocycles. The zero-order chi connectivity index (χ0) is 13.3. The van der Waals surface area contributed by atoms with Crippen LogP contribution in [0.3, 0.4) is 0 Å². The van der Waals surface area contributed by atoms with Gasteiger partial charge in [-0.1, -0.05) is 0 Å². The van der Waals surface area contributed by atoms with Crippen molar-refractivity contribution in [2.75, 3.05) is 37.7 Å². The smallest absolute Gasteiger partial charge is 0.163 e. The normalized spacial score (nSPS) is 21.9. The molecule has 0 bridgehead atoms. The maximum Gasteiger partial charge on any atom is 0.163 e. The summed E-state index contributed by atoms with van der Waals surface area (Å²) in [7, 11) is 0. The van der Waals surface area contributed by atoms with E-state index < -0.39 is 0 Å². The molecule has 1 aromatic carbocycles. The number of hydrogen-bond donors (Lipinski definition) is 1. The lowest BCUT2D eigenvalue weighted by Gasteiger charge is -2.26. The van der Waals surface area contributed by atoms with E-state index in [4.69, 9.17) is 9.47 Å². The van der Waals surface area contributed by atoms with Crippen molar-refractivity contribution in [2.45, 2.75) is 25.8 Å². The Morgan fingerprint density at radius 2 is 1.89 bits per heavy atom. The fourth-order valence-corrected chi connectivity index (χ4v) is 2.63. The van der Waals surface area contributed by atoms with Gasteiger partial charge in [0.15, 0.2) is 11.5 Å². The number of ether oxygens (including phenoxy) is 2. The quantitative estimate of drug-likeness (QED) is 0.839. The number of anilines is 1. The van der Waals surface area contributed by atoms with Crippen LogP contribution in [-0.4, -0.2) is 38.4 Å². The van der Waals surface area contributed by atoms with Gasteiger partial charge in [0.1, 0.15) is 13.2 Å². The van der Waals surface area contributed by atoms with Gasteiger partial charge in [0, 0.05) is 36.9 Å². The first-order chi connectivity index (χ1) is 9.14. The number of nitrogens with one attached hydrogen (secondary N) is 1. The summed E-state index contributed by atoms with van der Waals surface area (Å²) in [5.41, 5.74) is 1.45. The lowest BCUT2D eigenvalue weighted by Crippen LogP contribution is -2.39. The second-order valence-corrected chi connectivity index (χ2v) is 5.88.